The molecular weight excluding hydrogens is 990 g/mol. The van der Waals surface area contributed by atoms with Gasteiger partial charge in [-0.1, -0.05) is 59.6 Å². The van der Waals surface area contributed by atoms with Crippen molar-refractivity contribution < 1.29 is 51.0 Å². The summed E-state index contributed by atoms with van der Waals surface area (Å²) in [6.45, 7) is 0. The van der Waals surface area contributed by atoms with Gasteiger partial charge < -0.3 is 24.0 Å². The summed E-state index contributed by atoms with van der Waals surface area (Å²) in [5, 5.41) is 2.70. The number of hydrogen-bond acceptors (Lipinski definition) is 8. The zero-order valence-corrected chi connectivity index (χ0v) is 33.5. The van der Waals surface area contributed by atoms with Crippen molar-refractivity contribution in [1.82, 2.24) is 29.5 Å². The second kappa shape index (κ2) is 16.1. The van der Waals surface area contributed by atoms with E-state index in [2.05, 4.69) is 40.3 Å². The third-order valence-electron chi connectivity index (χ3n) is 8.77. The predicted octanol–water partition coefficient (Wildman–Crippen LogP) is 10.8. The molecule has 0 bridgehead atoms. The quantitative estimate of drug-likeness (QED) is 0.111. The average molecular weight is 1010 g/mol. The fourth-order valence-electron chi connectivity index (χ4n) is 6.28. The van der Waals surface area contributed by atoms with E-state index in [0.717, 1.165) is 54.1 Å². The summed E-state index contributed by atoms with van der Waals surface area (Å²) >= 11 is 1.61. The predicted molar refractivity (Wildman–Crippen MR) is 210 cm³/mol. The summed E-state index contributed by atoms with van der Waals surface area (Å²) in [7, 11) is 0. The van der Waals surface area contributed by atoms with E-state index in [1.165, 1.54) is 0 Å². The number of rotatable bonds is 8. The molecule has 0 aliphatic carbocycles. The van der Waals surface area contributed by atoms with Crippen LogP contribution in [0.2, 0.25) is 0 Å². The first-order chi connectivity index (χ1) is 26.7. The molecule has 0 saturated carbocycles. The van der Waals surface area contributed by atoms with Crippen LogP contribution in [0, 0.1) is 24.3 Å². The molecule has 0 atom stereocenters. The standard InChI is InChI=1S/C45H24N6O2S.Pd.Pt/c1-2-16-43-40(15-1)50-44(54-43)31-27-48-45(49-28-31)51-41-25-34(52-32-11-7-9-29(23-32)38-13-3-5-21-46-38)17-19-36(41)37-20-18-35(26-42(37)51)53-33-12-8-10-30(24-33)39-14-4-6-22-47-39;;/h1-22,27-28H;;/q-4;2*+2. The number of thiazole rings is 1. The summed E-state index contributed by atoms with van der Waals surface area (Å²) < 4.78 is 15.7. The van der Waals surface area contributed by atoms with Crippen LogP contribution in [-0.2, 0) is 41.5 Å². The second-order valence-electron chi connectivity index (χ2n) is 12.3. The first-order valence-corrected chi connectivity index (χ1v) is 17.9. The third-order valence-corrected chi connectivity index (χ3v) is 9.86. The smallest absolute Gasteiger partial charge is 0.503 e. The Kier molecular flexibility index (Phi) is 10.6. The topological polar surface area (TPSA) is 87.8 Å². The molecule has 5 aromatic heterocycles. The van der Waals surface area contributed by atoms with Gasteiger partial charge in [0, 0.05) is 53.3 Å². The van der Waals surface area contributed by atoms with Crippen molar-refractivity contribution in [2.75, 3.05) is 0 Å². The van der Waals surface area contributed by atoms with Gasteiger partial charge in [-0.25, -0.2) is 15.0 Å². The molecule has 11 heteroatoms. The molecule has 0 radical (unpaired) electrons. The number of ether oxygens (including phenoxy) is 2. The van der Waals surface area contributed by atoms with Gasteiger partial charge in [0.15, 0.2) is 0 Å². The second-order valence-corrected chi connectivity index (χ2v) is 13.3. The van der Waals surface area contributed by atoms with Gasteiger partial charge in [-0.3, -0.25) is 0 Å². The minimum absolute atomic E-state index is 0. The number of hydrogen-bond donors (Lipinski definition) is 0. The van der Waals surface area contributed by atoms with Gasteiger partial charge in [0.25, 0.3) is 0 Å². The minimum Gasteiger partial charge on any atom is -0.503 e. The van der Waals surface area contributed by atoms with Crippen LogP contribution in [0.4, 0.5) is 0 Å². The molecule has 0 aliphatic rings. The fraction of sp³-hybridized carbons (Fsp3) is 0. The van der Waals surface area contributed by atoms with Gasteiger partial charge in [-0.2, -0.15) is 22.9 Å². The molecule has 10 aromatic rings. The molecule has 0 unspecified atom stereocenters. The summed E-state index contributed by atoms with van der Waals surface area (Å²) in [6, 6.07) is 52.6. The molecule has 10 rings (SSSR count). The van der Waals surface area contributed by atoms with E-state index < -0.39 is 0 Å². The monoisotopic (exact) mass is 1010 g/mol. The van der Waals surface area contributed by atoms with Gasteiger partial charge >= 0.3 is 41.5 Å². The molecule has 0 fully saturated rings. The Balaban J connectivity index is 0.00000220. The molecule has 0 aliphatic heterocycles. The van der Waals surface area contributed by atoms with Crippen LogP contribution < -0.4 is 9.47 Å². The Bertz CT molecular complexity index is 2780. The maximum Gasteiger partial charge on any atom is 2.00 e. The molecule has 5 aromatic carbocycles. The van der Waals surface area contributed by atoms with Crippen molar-refractivity contribution in [3.05, 3.63) is 170 Å². The first-order valence-electron chi connectivity index (χ1n) is 17.1. The van der Waals surface area contributed by atoms with E-state index in [1.807, 2.05) is 120 Å². The van der Waals surface area contributed by atoms with Crippen LogP contribution in [0.3, 0.4) is 0 Å². The SMILES string of the molecule is [Pd+2].[Pt+2].[c-]1c(Oc2[c-]c3c(cc2)c2ccc(Oc4[c-]c(-c5ccccn5)ccc4)[c-]c2n3-c2ncc(-c3nc4ccccc4s3)cn2)cccc1-c1ccccn1. The maximum atomic E-state index is 6.35. The maximum absolute atomic E-state index is 6.35. The Morgan fingerprint density at radius 2 is 1.05 bits per heavy atom. The van der Waals surface area contributed by atoms with Crippen molar-refractivity contribution in [2.45, 2.75) is 0 Å². The van der Waals surface area contributed by atoms with Gasteiger partial charge in [-0.15, -0.1) is 83.1 Å². The van der Waals surface area contributed by atoms with Gasteiger partial charge in [0.1, 0.15) is 5.01 Å². The zero-order chi connectivity index (χ0) is 35.8. The first kappa shape index (κ1) is 37.1. The van der Waals surface area contributed by atoms with E-state index in [4.69, 9.17) is 24.4 Å². The van der Waals surface area contributed by atoms with Gasteiger partial charge in [-0.05, 0) is 35.7 Å². The number of para-hydroxylation sites is 1. The van der Waals surface area contributed by atoms with E-state index >= 15 is 0 Å². The molecule has 0 saturated heterocycles. The van der Waals surface area contributed by atoms with E-state index in [0.29, 0.717) is 40.0 Å². The van der Waals surface area contributed by atoms with Crippen molar-refractivity contribution in [2.24, 2.45) is 0 Å². The van der Waals surface area contributed by atoms with Crippen LogP contribution >= 0.6 is 11.3 Å². The van der Waals surface area contributed by atoms with Gasteiger partial charge in [0.2, 0.25) is 5.95 Å². The largest absolute Gasteiger partial charge is 2.00 e. The van der Waals surface area contributed by atoms with Crippen LogP contribution in [0.1, 0.15) is 0 Å². The van der Waals surface area contributed by atoms with Gasteiger partial charge in [0.05, 0.1) is 10.2 Å². The molecule has 272 valence electrons. The van der Waals surface area contributed by atoms with Crippen LogP contribution in [0.15, 0.2) is 146 Å². The Labute approximate surface area is 353 Å². The zero-order valence-electron chi connectivity index (χ0n) is 28.9. The van der Waals surface area contributed by atoms with Crippen molar-refractivity contribution >= 4 is 43.4 Å². The molecule has 5 heterocycles. The third kappa shape index (κ3) is 7.28. The molecule has 0 N–H and O–H groups in total. The molecule has 0 amide bonds. The number of pyridine rings is 2. The molecular formula is C45H24N6O2PdPtS. The minimum atomic E-state index is 0. The summed E-state index contributed by atoms with van der Waals surface area (Å²) in [4.78, 5) is 23.4. The van der Waals surface area contributed by atoms with Crippen LogP contribution in [0.5, 0.6) is 23.0 Å². The Morgan fingerprint density at radius 3 is 1.59 bits per heavy atom. The number of benzene rings is 5. The normalized spacial score (nSPS) is 10.9. The van der Waals surface area contributed by atoms with Crippen LogP contribution in [-0.4, -0.2) is 29.5 Å². The summed E-state index contributed by atoms with van der Waals surface area (Å²) in [5.41, 5.74) is 6.48. The Hall–Kier alpha value is -5.88. The molecule has 8 nitrogen and oxygen atoms in total. The fourth-order valence-corrected chi connectivity index (χ4v) is 7.22. The molecule has 56 heavy (non-hydrogen) atoms. The summed E-state index contributed by atoms with van der Waals surface area (Å²) in [6.07, 6.45) is 7.12. The number of nitrogens with zero attached hydrogens (tertiary/aromatic N) is 6. The number of aromatic nitrogens is 6. The van der Waals surface area contributed by atoms with E-state index in [1.54, 1.807) is 36.1 Å². The van der Waals surface area contributed by atoms with Crippen molar-refractivity contribution in [3.63, 3.8) is 0 Å². The summed E-state index contributed by atoms with van der Waals surface area (Å²) in [5.74, 6) is 2.53. The van der Waals surface area contributed by atoms with Crippen LogP contribution in [0.25, 0.3) is 71.1 Å². The Morgan fingerprint density at radius 1 is 0.518 bits per heavy atom. The van der Waals surface area contributed by atoms with Crippen molar-refractivity contribution in [1.29, 1.82) is 0 Å². The van der Waals surface area contributed by atoms with E-state index in [-0.39, 0.29) is 41.5 Å². The van der Waals surface area contributed by atoms with Crippen molar-refractivity contribution in [3.8, 4) is 62.0 Å². The van der Waals surface area contributed by atoms with E-state index in [9.17, 15) is 0 Å². The molecule has 0 spiro atoms. The average Bonchev–Trinajstić information content (AvgIpc) is 3.81. The number of fused-ring (bicyclic) bond motifs is 4.